The van der Waals surface area contributed by atoms with Crippen LogP contribution < -0.4 is 15.4 Å². The Labute approximate surface area is 104 Å². The van der Waals surface area contributed by atoms with Crippen LogP contribution in [-0.2, 0) is 4.79 Å². The van der Waals surface area contributed by atoms with Crippen LogP contribution in [0, 0.1) is 0 Å². The fraction of sp³-hybridized carbons (Fsp3) is 0.417. The number of amides is 1. The molecular formula is C12H16F2N2O2. The van der Waals surface area contributed by atoms with E-state index in [2.05, 4.69) is 15.4 Å². The molecule has 0 aromatic heterocycles. The summed E-state index contributed by atoms with van der Waals surface area (Å²) in [4.78, 5) is 11.4. The van der Waals surface area contributed by atoms with Crippen molar-refractivity contribution in [1.82, 2.24) is 5.32 Å². The van der Waals surface area contributed by atoms with Gasteiger partial charge in [0.15, 0.2) is 0 Å². The zero-order valence-corrected chi connectivity index (χ0v) is 10.1. The lowest BCUT2D eigenvalue weighted by atomic mass is 10.3. The lowest BCUT2D eigenvalue weighted by molar-refractivity contribution is -0.115. The molecule has 6 heteroatoms. The molecule has 1 aromatic carbocycles. The van der Waals surface area contributed by atoms with E-state index in [9.17, 15) is 13.6 Å². The zero-order valence-electron chi connectivity index (χ0n) is 10.1. The molecule has 0 unspecified atom stereocenters. The van der Waals surface area contributed by atoms with E-state index < -0.39 is 6.61 Å². The predicted octanol–water partition coefficient (Wildman–Crippen LogP) is 2.23. The summed E-state index contributed by atoms with van der Waals surface area (Å²) in [5, 5.41) is 5.59. The van der Waals surface area contributed by atoms with E-state index in [1.54, 1.807) is 0 Å². The Bertz CT molecular complexity index is 369. The molecule has 0 saturated carbocycles. The van der Waals surface area contributed by atoms with Crippen molar-refractivity contribution < 1.29 is 18.3 Å². The molecule has 0 aliphatic heterocycles. The number of benzene rings is 1. The fourth-order valence-electron chi connectivity index (χ4n) is 1.30. The van der Waals surface area contributed by atoms with Crippen molar-refractivity contribution in [2.75, 3.05) is 18.4 Å². The maximum Gasteiger partial charge on any atom is 0.387 e. The zero-order chi connectivity index (χ0) is 13.4. The Morgan fingerprint density at radius 3 is 2.56 bits per heavy atom. The van der Waals surface area contributed by atoms with Gasteiger partial charge in [-0.15, -0.1) is 0 Å². The van der Waals surface area contributed by atoms with Gasteiger partial charge in [-0.05, 0) is 37.2 Å². The van der Waals surface area contributed by atoms with Crippen LogP contribution in [-0.4, -0.2) is 25.6 Å². The van der Waals surface area contributed by atoms with Gasteiger partial charge in [0, 0.05) is 5.69 Å². The van der Waals surface area contributed by atoms with Crippen molar-refractivity contribution >= 4 is 11.6 Å². The van der Waals surface area contributed by atoms with E-state index in [1.807, 2.05) is 6.92 Å². The third kappa shape index (κ3) is 5.58. The van der Waals surface area contributed by atoms with E-state index in [0.717, 1.165) is 13.0 Å². The van der Waals surface area contributed by atoms with E-state index >= 15 is 0 Å². The summed E-state index contributed by atoms with van der Waals surface area (Å²) < 4.78 is 28.0. The molecule has 0 spiro atoms. The number of ether oxygens (including phenoxy) is 1. The second kappa shape index (κ2) is 7.60. The Morgan fingerprint density at radius 1 is 1.33 bits per heavy atom. The number of hydrogen-bond donors (Lipinski definition) is 2. The smallest absolute Gasteiger partial charge is 0.387 e. The molecule has 0 aliphatic rings. The first-order valence-corrected chi connectivity index (χ1v) is 5.67. The van der Waals surface area contributed by atoms with E-state index in [0.29, 0.717) is 5.69 Å². The largest absolute Gasteiger partial charge is 0.435 e. The van der Waals surface area contributed by atoms with Crippen molar-refractivity contribution in [3.63, 3.8) is 0 Å². The van der Waals surface area contributed by atoms with Crippen molar-refractivity contribution in [3.8, 4) is 5.75 Å². The second-order valence-electron chi connectivity index (χ2n) is 3.63. The number of nitrogens with one attached hydrogen (secondary N) is 2. The van der Waals surface area contributed by atoms with Gasteiger partial charge in [0.05, 0.1) is 6.54 Å². The first-order chi connectivity index (χ1) is 8.61. The van der Waals surface area contributed by atoms with Gasteiger partial charge in [-0.25, -0.2) is 0 Å². The lowest BCUT2D eigenvalue weighted by Gasteiger charge is -2.08. The van der Waals surface area contributed by atoms with Crippen LogP contribution in [0.1, 0.15) is 13.3 Å². The molecular weight excluding hydrogens is 242 g/mol. The van der Waals surface area contributed by atoms with Crippen LogP contribution >= 0.6 is 0 Å². The summed E-state index contributed by atoms with van der Waals surface area (Å²) in [6.07, 6.45) is 0.951. The number of carbonyl (C=O) groups is 1. The average molecular weight is 258 g/mol. The van der Waals surface area contributed by atoms with E-state index in [-0.39, 0.29) is 18.2 Å². The summed E-state index contributed by atoms with van der Waals surface area (Å²) in [5.74, 6) is -0.113. The highest BCUT2D eigenvalue weighted by Crippen LogP contribution is 2.17. The van der Waals surface area contributed by atoms with Crippen molar-refractivity contribution in [1.29, 1.82) is 0 Å². The molecule has 4 nitrogen and oxygen atoms in total. The Balaban J connectivity index is 2.40. The van der Waals surface area contributed by atoms with Crippen molar-refractivity contribution in [2.24, 2.45) is 0 Å². The normalized spacial score (nSPS) is 10.4. The van der Waals surface area contributed by atoms with Crippen LogP contribution in [0.15, 0.2) is 24.3 Å². The van der Waals surface area contributed by atoms with Crippen LogP contribution in [0.5, 0.6) is 5.75 Å². The van der Waals surface area contributed by atoms with Gasteiger partial charge in [0.2, 0.25) is 5.91 Å². The summed E-state index contributed by atoms with van der Waals surface area (Å²) in [5.41, 5.74) is 0.542. The van der Waals surface area contributed by atoms with Crippen molar-refractivity contribution in [2.45, 2.75) is 20.0 Å². The molecule has 0 radical (unpaired) electrons. The summed E-state index contributed by atoms with van der Waals surface area (Å²) in [6.45, 7) is 0.161. The number of alkyl halides is 2. The summed E-state index contributed by atoms with van der Waals surface area (Å²) in [6, 6.07) is 5.77. The number of carbonyl (C=O) groups excluding carboxylic acids is 1. The standard InChI is InChI=1S/C12H16F2N2O2/c1-2-7-15-8-11(17)16-9-3-5-10(6-4-9)18-12(13)14/h3-6,12,15H,2,7-8H2,1H3,(H,16,17). The van der Waals surface area contributed by atoms with Gasteiger partial charge in [0.25, 0.3) is 0 Å². The molecule has 2 N–H and O–H groups in total. The molecule has 1 amide bonds. The topological polar surface area (TPSA) is 50.4 Å². The highest BCUT2D eigenvalue weighted by Gasteiger charge is 2.05. The maximum atomic E-state index is 11.9. The lowest BCUT2D eigenvalue weighted by Crippen LogP contribution is -2.28. The van der Waals surface area contributed by atoms with Crippen LogP contribution in [0.2, 0.25) is 0 Å². The molecule has 18 heavy (non-hydrogen) atoms. The summed E-state index contributed by atoms with van der Waals surface area (Å²) >= 11 is 0. The first-order valence-electron chi connectivity index (χ1n) is 5.67. The Hall–Kier alpha value is -1.69. The number of rotatable bonds is 7. The SMILES string of the molecule is CCCNCC(=O)Nc1ccc(OC(F)F)cc1. The number of halogens is 2. The Morgan fingerprint density at radius 2 is 2.00 bits per heavy atom. The third-order valence-electron chi connectivity index (χ3n) is 2.08. The van der Waals surface area contributed by atoms with Gasteiger partial charge < -0.3 is 15.4 Å². The molecule has 0 saturated heterocycles. The van der Waals surface area contributed by atoms with Gasteiger partial charge in [0.1, 0.15) is 5.75 Å². The van der Waals surface area contributed by atoms with Gasteiger partial charge in [-0.2, -0.15) is 8.78 Å². The van der Waals surface area contributed by atoms with Crippen LogP contribution in [0.25, 0.3) is 0 Å². The van der Waals surface area contributed by atoms with E-state index in [4.69, 9.17) is 0 Å². The molecule has 0 aliphatic carbocycles. The molecule has 0 bridgehead atoms. The number of hydrogen-bond acceptors (Lipinski definition) is 3. The third-order valence-corrected chi connectivity index (χ3v) is 2.08. The molecule has 0 atom stereocenters. The second-order valence-corrected chi connectivity index (χ2v) is 3.63. The minimum atomic E-state index is -2.84. The Kier molecular flexibility index (Phi) is 6.07. The van der Waals surface area contributed by atoms with E-state index in [1.165, 1.54) is 24.3 Å². The molecule has 100 valence electrons. The quantitative estimate of drug-likeness (QED) is 0.737. The molecule has 0 heterocycles. The maximum absolute atomic E-state index is 11.9. The summed E-state index contributed by atoms with van der Waals surface area (Å²) in [7, 11) is 0. The predicted molar refractivity (Wildman–Crippen MR) is 64.9 cm³/mol. The minimum Gasteiger partial charge on any atom is -0.435 e. The van der Waals surface area contributed by atoms with Gasteiger partial charge in [-0.1, -0.05) is 6.92 Å². The average Bonchev–Trinajstić information content (AvgIpc) is 2.31. The van der Waals surface area contributed by atoms with Gasteiger partial charge in [-0.3, -0.25) is 4.79 Å². The first kappa shape index (κ1) is 14.4. The fourth-order valence-corrected chi connectivity index (χ4v) is 1.30. The highest BCUT2D eigenvalue weighted by molar-refractivity contribution is 5.92. The monoisotopic (exact) mass is 258 g/mol. The minimum absolute atomic E-state index is 0.0621. The molecule has 0 fully saturated rings. The van der Waals surface area contributed by atoms with Crippen LogP contribution in [0.4, 0.5) is 14.5 Å². The van der Waals surface area contributed by atoms with Gasteiger partial charge >= 0.3 is 6.61 Å². The molecule has 1 aromatic rings. The van der Waals surface area contributed by atoms with Crippen molar-refractivity contribution in [3.05, 3.63) is 24.3 Å². The number of anilines is 1. The van der Waals surface area contributed by atoms with Crippen LogP contribution in [0.3, 0.4) is 0 Å². The highest BCUT2D eigenvalue weighted by atomic mass is 19.3. The molecule has 1 rings (SSSR count).